The van der Waals surface area contributed by atoms with Crippen LogP contribution in [0.1, 0.15) is 12.0 Å². The van der Waals surface area contributed by atoms with Gasteiger partial charge in [0.25, 0.3) is 0 Å². The van der Waals surface area contributed by atoms with E-state index in [1.165, 1.54) is 12.1 Å². The van der Waals surface area contributed by atoms with Crippen molar-refractivity contribution in [3.8, 4) is 28.2 Å². The van der Waals surface area contributed by atoms with Crippen molar-refractivity contribution in [3.63, 3.8) is 0 Å². The Morgan fingerprint density at radius 2 is 1.50 bits per heavy atom. The Morgan fingerprint density at radius 1 is 0.833 bits per heavy atom. The summed E-state index contributed by atoms with van der Waals surface area (Å²) in [6.07, 6.45) is -3.49. The Bertz CT molecular complexity index is 1280. The molecule has 0 aliphatic heterocycles. The molecule has 0 aliphatic rings. The summed E-state index contributed by atoms with van der Waals surface area (Å²) < 4.78 is 44.7. The van der Waals surface area contributed by atoms with E-state index in [0.717, 1.165) is 46.9 Å². The second kappa shape index (κ2) is 12.0. The summed E-state index contributed by atoms with van der Waals surface area (Å²) in [6, 6.07) is 24.9. The molecule has 3 aromatic carbocycles. The molecule has 8 heteroatoms. The first-order valence-corrected chi connectivity index (χ1v) is 12.2. The molecule has 0 radical (unpaired) electrons. The largest absolute Gasteiger partial charge is 0.418 e. The van der Waals surface area contributed by atoms with Crippen LogP contribution in [0.15, 0.2) is 89.4 Å². The van der Waals surface area contributed by atoms with Gasteiger partial charge in [-0.25, -0.2) is 0 Å². The number of rotatable bonds is 8. The van der Waals surface area contributed by atoms with Crippen LogP contribution in [0.25, 0.3) is 28.2 Å². The van der Waals surface area contributed by atoms with Gasteiger partial charge in [-0.05, 0) is 81.2 Å². The monoisotopic (exact) mass is 577 g/mol. The van der Waals surface area contributed by atoms with Gasteiger partial charge in [0.1, 0.15) is 0 Å². The Labute approximate surface area is 224 Å². The highest BCUT2D eigenvalue weighted by molar-refractivity contribution is 9.10. The van der Waals surface area contributed by atoms with E-state index in [1.54, 1.807) is 10.6 Å². The molecule has 0 spiro atoms. The highest BCUT2D eigenvalue weighted by Crippen LogP contribution is 2.39. The van der Waals surface area contributed by atoms with Crippen molar-refractivity contribution in [2.75, 3.05) is 32.5 Å². The lowest BCUT2D eigenvalue weighted by molar-refractivity contribution is -0.137. The Morgan fingerprint density at radius 3 is 2.17 bits per heavy atom. The van der Waals surface area contributed by atoms with Crippen LogP contribution in [0.4, 0.5) is 18.9 Å². The third-order valence-electron chi connectivity index (χ3n) is 5.74. The normalized spacial score (nSPS) is 11.4. The molecule has 0 unspecified atom stereocenters. The smallest absolute Gasteiger partial charge is 0.385 e. The van der Waals surface area contributed by atoms with Crippen LogP contribution in [0.2, 0.25) is 0 Å². The standard InChI is InChI=1S/C28H27BrF3N3.ClH/c1-34(2)18-6-17-33-23-8-5-7-21(19-23)26-16-15-25(20-11-13-22(29)14-12-20)35(26)27-10-4-3-9-24(27)28(30,31)32;/h3-5,7-16,19,33H,6,17-18H2,1-2H3;1H. The lowest BCUT2D eigenvalue weighted by Gasteiger charge is -2.19. The zero-order valence-corrected chi connectivity index (χ0v) is 22.4. The van der Waals surface area contributed by atoms with E-state index in [0.29, 0.717) is 11.4 Å². The summed E-state index contributed by atoms with van der Waals surface area (Å²) >= 11 is 3.44. The molecule has 0 aliphatic carbocycles. The number of hydrogen-bond donors (Lipinski definition) is 1. The van der Waals surface area contributed by atoms with Gasteiger partial charge in [0, 0.05) is 22.3 Å². The van der Waals surface area contributed by atoms with Crippen molar-refractivity contribution in [1.82, 2.24) is 9.47 Å². The van der Waals surface area contributed by atoms with Crippen LogP contribution in [0, 0.1) is 0 Å². The van der Waals surface area contributed by atoms with Gasteiger partial charge in [-0.1, -0.05) is 52.3 Å². The van der Waals surface area contributed by atoms with Crippen molar-refractivity contribution in [3.05, 3.63) is 95.0 Å². The number of para-hydroxylation sites is 1. The molecule has 1 N–H and O–H groups in total. The van der Waals surface area contributed by atoms with E-state index < -0.39 is 11.7 Å². The summed E-state index contributed by atoms with van der Waals surface area (Å²) in [5, 5.41) is 3.43. The first kappa shape index (κ1) is 27.8. The number of aromatic nitrogens is 1. The summed E-state index contributed by atoms with van der Waals surface area (Å²) in [5.74, 6) is 0. The van der Waals surface area contributed by atoms with Gasteiger partial charge in [0.15, 0.2) is 0 Å². The van der Waals surface area contributed by atoms with Crippen LogP contribution in [0.3, 0.4) is 0 Å². The van der Waals surface area contributed by atoms with Crippen molar-refractivity contribution >= 4 is 34.0 Å². The van der Waals surface area contributed by atoms with Crippen LogP contribution < -0.4 is 5.32 Å². The van der Waals surface area contributed by atoms with Crippen LogP contribution >= 0.6 is 28.3 Å². The zero-order valence-electron chi connectivity index (χ0n) is 20.0. The van der Waals surface area contributed by atoms with Gasteiger partial charge in [0.2, 0.25) is 0 Å². The van der Waals surface area contributed by atoms with Crippen molar-refractivity contribution < 1.29 is 13.2 Å². The van der Waals surface area contributed by atoms with E-state index in [4.69, 9.17) is 0 Å². The van der Waals surface area contributed by atoms with Gasteiger partial charge in [-0.2, -0.15) is 13.2 Å². The molecule has 3 nitrogen and oxygen atoms in total. The minimum atomic E-state index is -4.48. The molecule has 36 heavy (non-hydrogen) atoms. The van der Waals surface area contributed by atoms with Gasteiger partial charge in [-0.15, -0.1) is 12.4 Å². The Balaban J connectivity index is 0.00000361. The highest BCUT2D eigenvalue weighted by Gasteiger charge is 2.34. The fourth-order valence-electron chi connectivity index (χ4n) is 4.09. The van der Waals surface area contributed by atoms with Crippen molar-refractivity contribution in [1.29, 1.82) is 0 Å². The molecular weight excluding hydrogens is 551 g/mol. The maximum absolute atomic E-state index is 14.0. The summed E-state index contributed by atoms with van der Waals surface area (Å²) in [5.41, 5.74) is 3.40. The SMILES string of the molecule is CN(C)CCCNc1cccc(-c2ccc(-c3ccc(Br)cc3)n2-c2ccccc2C(F)(F)F)c1.Cl. The highest BCUT2D eigenvalue weighted by atomic mass is 79.9. The average Bonchev–Trinajstić information content (AvgIpc) is 3.27. The molecule has 0 fully saturated rings. The fraction of sp³-hybridized carbons (Fsp3) is 0.214. The predicted molar refractivity (Wildman–Crippen MR) is 148 cm³/mol. The van der Waals surface area contributed by atoms with Crippen molar-refractivity contribution in [2.24, 2.45) is 0 Å². The first-order valence-electron chi connectivity index (χ1n) is 11.4. The molecule has 4 rings (SSSR count). The van der Waals surface area contributed by atoms with E-state index in [9.17, 15) is 13.2 Å². The lowest BCUT2D eigenvalue weighted by Crippen LogP contribution is -2.16. The second-order valence-electron chi connectivity index (χ2n) is 8.63. The number of nitrogens with one attached hydrogen (secondary N) is 1. The predicted octanol–water partition coefficient (Wildman–Crippen LogP) is 8.38. The topological polar surface area (TPSA) is 20.2 Å². The maximum atomic E-state index is 14.0. The van der Waals surface area contributed by atoms with Gasteiger partial charge in [-0.3, -0.25) is 0 Å². The first-order chi connectivity index (χ1) is 16.7. The fourth-order valence-corrected chi connectivity index (χ4v) is 4.36. The molecular formula is C28H28BrClF3N3. The average molecular weight is 579 g/mol. The van der Waals surface area contributed by atoms with Crippen LogP contribution in [-0.2, 0) is 6.18 Å². The number of hydrogen-bond acceptors (Lipinski definition) is 2. The van der Waals surface area contributed by atoms with E-state index >= 15 is 0 Å². The molecule has 1 heterocycles. The number of anilines is 1. The van der Waals surface area contributed by atoms with E-state index in [2.05, 4.69) is 26.1 Å². The van der Waals surface area contributed by atoms with Gasteiger partial charge >= 0.3 is 6.18 Å². The van der Waals surface area contributed by atoms with Crippen molar-refractivity contribution in [2.45, 2.75) is 12.6 Å². The van der Waals surface area contributed by atoms with Gasteiger partial charge in [0.05, 0.1) is 22.6 Å². The molecule has 190 valence electrons. The molecule has 0 atom stereocenters. The van der Waals surface area contributed by atoms with Gasteiger partial charge < -0.3 is 14.8 Å². The van der Waals surface area contributed by atoms with E-state index in [-0.39, 0.29) is 18.1 Å². The molecule has 0 saturated carbocycles. The molecule has 0 bridgehead atoms. The van der Waals surface area contributed by atoms with Crippen LogP contribution in [-0.4, -0.2) is 36.7 Å². The number of halogens is 5. The summed E-state index contributed by atoms with van der Waals surface area (Å²) in [6.45, 7) is 1.78. The second-order valence-corrected chi connectivity index (χ2v) is 9.54. The third-order valence-corrected chi connectivity index (χ3v) is 6.27. The molecule has 4 aromatic rings. The minimum absolute atomic E-state index is 0. The minimum Gasteiger partial charge on any atom is -0.385 e. The Hall–Kier alpha value is -2.74. The van der Waals surface area contributed by atoms with E-state index in [1.807, 2.05) is 74.8 Å². The Kier molecular flexibility index (Phi) is 9.28. The molecule has 0 amide bonds. The summed E-state index contributed by atoms with van der Waals surface area (Å²) in [7, 11) is 4.08. The summed E-state index contributed by atoms with van der Waals surface area (Å²) in [4.78, 5) is 2.13. The maximum Gasteiger partial charge on any atom is 0.418 e. The lowest BCUT2D eigenvalue weighted by atomic mass is 10.1. The quantitative estimate of drug-likeness (QED) is 0.212. The molecule has 1 aromatic heterocycles. The zero-order chi connectivity index (χ0) is 25.0. The number of alkyl halides is 3. The molecule has 0 saturated heterocycles. The van der Waals surface area contributed by atoms with Crippen LogP contribution in [0.5, 0.6) is 0 Å². The third kappa shape index (κ3) is 6.52. The number of benzene rings is 3. The number of nitrogens with zero attached hydrogens (tertiary/aromatic N) is 2.